The zero-order valence-electron chi connectivity index (χ0n) is 13.5. The fourth-order valence-electron chi connectivity index (χ4n) is 2.07. The Morgan fingerprint density at radius 1 is 1.35 bits per heavy atom. The van der Waals surface area contributed by atoms with Gasteiger partial charge in [-0.3, -0.25) is 5.32 Å². The molecular weight excluding hydrogens is 363 g/mol. The van der Waals surface area contributed by atoms with Crippen LogP contribution in [0.5, 0.6) is 5.75 Å². The summed E-state index contributed by atoms with van der Waals surface area (Å²) in [6.07, 6.45) is 0.209. The lowest BCUT2D eigenvalue weighted by atomic mass is 10.2. The van der Waals surface area contributed by atoms with Gasteiger partial charge in [-0.05, 0) is 29.8 Å². The Bertz CT molecular complexity index is 934. The predicted octanol–water partition coefficient (Wildman–Crippen LogP) is 3.66. The van der Waals surface area contributed by atoms with Gasteiger partial charge in [0.2, 0.25) is 5.89 Å². The summed E-state index contributed by atoms with van der Waals surface area (Å²) in [6, 6.07) is 7.79. The van der Waals surface area contributed by atoms with Crippen LogP contribution in [0.4, 0.5) is 15.0 Å². The van der Waals surface area contributed by atoms with E-state index in [0.29, 0.717) is 16.5 Å². The van der Waals surface area contributed by atoms with Crippen LogP contribution in [0.2, 0.25) is 0 Å². The van der Waals surface area contributed by atoms with E-state index in [0.717, 1.165) is 5.56 Å². The molecule has 0 bridgehead atoms. The Hall–Kier alpha value is -3.14. The van der Waals surface area contributed by atoms with E-state index in [-0.39, 0.29) is 17.5 Å². The monoisotopic (exact) mass is 376 g/mol. The molecule has 3 rings (SSSR count). The summed E-state index contributed by atoms with van der Waals surface area (Å²) in [4.78, 5) is 14.5. The van der Waals surface area contributed by atoms with Gasteiger partial charge < -0.3 is 14.3 Å². The largest absolute Gasteiger partial charge is 0.494 e. The first-order valence-corrected chi connectivity index (χ1v) is 8.29. The van der Waals surface area contributed by atoms with Gasteiger partial charge in [0, 0.05) is 17.5 Å². The SMILES string of the molecule is COc1ccc(CSc2nnc(-c3ccnc(NC(=O)O)c3)o2)cc1F. The number of hydrogen-bond acceptors (Lipinski definition) is 7. The number of nitrogens with one attached hydrogen (secondary N) is 1. The predicted molar refractivity (Wildman–Crippen MR) is 91.7 cm³/mol. The van der Waals surface area contributed by atoms with E-state index in [4.69, 9.17) is 14.3 Å². The zero-order chi connectivity index (χ0) is 18.5. The van der Waals surface area contributed by atoms with E-state index >= 15 is 0 Å². The van der Waals surface area contributed by atoms with Crippen molar-refractivity contribution in [1.29, 1.82) is 0 Å². The molecule has 134 valence electrons. The van der Waals surface area contributed by atoms with Crippen LogP contribution in [-0.2, 0) is 5.75 Å². The molecule has 0 aliphatic heterocycles. The van der Waals surface area contributed by atoms with E-state index in [2.05, 4.69) is 20.5 Å². The van der Waals surface area contributed by atoms with Gasteiger partial charge in [-0.25, -0.2) is 14.2 Å². The molecule has 0 spiro atoms. The summed E-state index contributed by atoms with van der Waals surface area (Å²) in [6.45, 7) is 0. The molecule has 2 heterocycles. The quantitative estimate of drug-likeness (QED) is 0.627. The number of nitrogens with zero attached hydrogens (tertiary/aromatic N) is 3. The number of carbonyl (C=O) groups is 1. The van der Waals surface area contributed by atoms with Crippen molar-refractivity contribution < 1.29 is 23.4 Å². The molecule has 2 N–H and O–H groups in total. The highest BCUT2D eigenvalue weighted by atomic mass is 32.2. The normalized spacial score (nSPS) is 10.5. The number of rotatable bonds is 6. The van der Waals surface area contributed by atoms with Gasteiger partial charge in [0.25, 0.3) is 5.22 Å². The summed E-state index contributed by atoms with van der Waals surface area (Å²) in [5.74, 6) is 0.555. The first kappa shape index (κ1) is 17.7. The van der Waals surface area contributed by atoms with E-state index in [1.54, 1.807) is 18.2 Å². The van der Waals surface area contributed by atoms with Crippen molar-refractivity contribution >= 4 is 23.7 Å². The number of thioether (sulfide) groups is 1. The van der Waals surface area contributed by atoms with Crippen LogP contribution in [0.3, 0.4) is 0 Å². The number of benzene rings is 1. The number of anilines is 1. The highest BCUT2D eigenvalue weighted by Gasteiger charge is 2.12. The second-order valence-electron chi connectivity index (χ2n) is 4.99. The zero-order valence-corrected chi connectivity index (χ0v) is 14.3. The van der Waals surface area contributed by atoms with E-state index in [9.17, 15) is 9.18 Å². The molecule has 0 unspecified atom stereocenters. The maximum Gasteiger partial charge on any atom is 0.410 e. The van der Waals surface area contributed by atoms with Crippen molar-refractivity contribution in [3.8, 4) is 17.2 Å². The first-order chi connectivity index (χ1) is 12.5. The Kier molecular flexibility index (Phi) is 5.32. The molecule has 10 heteroatoms. The number of ether oxygens (including phenoxy) is 1. The van der Waals surface area contributed by atoms with Gasteiger partial charge in [-0.2, -0.15) is 0 Å². The average molecular weight is 376 g/mol. The van der Waals surface area contributed by atoms with Crippen LogP contribution in [0.15, 0.2) is 46.2 Å². The molecular formula is C16H13FN4O4S. The van der Waals surface area contributed by atoms with Crippen molar-refractivity contribution in [3.05, 3.63) is 47.9 Å². The van der Waals surface area contributed by atoms with Gasteiger partial charge in [0.1, 0.15) is 5.82 Å². The highest BCUT2D eigenvalue weighted by molar-refractivity contribution is 7.98. The molecule has 3 aromatic rings. The Labute approximate surface area is 151 Å². The lowest BCUT2D eigenvalue weighted by Gasteiger charge is -2.03. The number of hydrogen-bond donors (Lipinski definition) is 2. The molecule has 1 amide bonds. The number of halogens is 1. The fourth-order valence-corrected chi connectivity index (χ4v) is 2.78. The molecule has 2 aromatic heterocycles. The standard InChI is InChI=1S/C16H13FN4O4S/c1-24-12-3-2-9(6-11(12)17)8-26-16-21-20-14(25-16)10-4-5-18-13(7-10)19-15(22)23/h2-7H,8H2,1H3,(H,18,19)(H,22,23). The van der Waals surface area contributed by atoms with Crippen LogP contribution in [0, 0.1) is 5.82 Å². The molecule has 8 nitrogen and oxygen atoms in total. The van der Waals surface area contributed by atoms with Gasteiger partial charge in [0.15, 0.2) is 11.6 Å². The van der Waals surface area contributed by atoms with E-state index in [1.807, 2.05) is 0 Å². The molecule has 0 atom stereocenters. The van der Waals surface area contributed by atoms with Gasteiger partial charge in [-0.15, -0.1) is 10.2 Å². The van der Waals surface area contributed by atoms with Crippen molar-refractivity contribution in [3.63, 3.8) is 0 Å². The third-order valence-electron chi connectivity index (χ3n) is 3.23. The van der Waals surface area contributed by atoms with Gasteiger partial charge in [0.05, 0.1) is 7.11 Å². The lowest BCUT2D eigenvalue weighted by Crippen LogP contribution is -2.08. The number of aromatic nitrogens is 3. The molecule has 0 aliphatic carbocycles. The minimum atomic E-state index is -1.22. The molecule has 0 fully saturated rings. The molecule has 0 aliphatic rings. The lowest BCUT2D eigenvalue weighted by molar-refractivity contribution is 0.209. The van der Waals surface area contributed by atoms with E-state index < -0.39 is 11.9 Å². The smallest absolute Gasteiger partial charge is 0.410 e. The third-order valence-corrected chi connectivity index (χ3v) is 4.12. The summed E-state index contributed by atoms with van der Waals surface area (Å²) >= 11 is 1.25. The van der Waals surface area contributed by atoms with Crippen LogP contribution in [-0.4, -0.2) is 33.5 Å². The fraction of sp³-hybridized carbons (Fsp3) is 0.125. The minimum Gasteiger partial charge on any atom is -0.494 e. The number of pyridine rings is 1. The molecule has 26 heavy (non-hydrogen) atoms. The Morgan fingerprint density at radius 3 is 2.92 bits per heavy atom. The van der Waals surface area contributed by atoms with Crippen LogP contribution < -0.4 is 10.1 Å². The Morgan fingerprint density at radius 2 is 2.19 bits per heavy atom. The van der Waals surface area contributed by atoms with E-state index in [1.165, 1.54) is 37.2 Å². The summed E-state index contributed by atoms with van der Waals surface area (Å²) in [5.41, 5.74) is 1.27. The highest BCUT2D eigenvalue weighted by Crippen LogP contribution is 2.27. The topological polar surface area (TPSA) is 110 Å². The van der Waals surface area contributed by atoms with Crippen molar-refractivity contribution in [2.75, 3.05) is 12.4 Å². The summed E-state index contributed by atoms with van der Waals surface area (Å²) in [7, 11) is 1.41. The third kappa shape index (κ3) is 4.28. The number of amides is 1. The minimum absolute atomic E-state index is 0.149. The maximum atomic E-state index is 13.7. The summed E-state index contributed by atoms with van der Waals surface area (Å²) < 4.78 is 24.1. The number of methoxy groups -OCH3 is 1. The Balaban J connectivity index is 1.68. The van der Waals surface area contributed by atoms with Crippen LogP contribution >= 0.6 is 11.8 Å². The molecule has 0 radical (unpaired) electrons. The first-order valence-electron chi connectivity index (χ1n) is 7.30. The molecule has 0 saturated carbocycles. The number of carboxylic acid groups (broad SMARTS) is 1. The second kappa shape index (κ2) is 7.83. The molecule has 0 saturated heterocycles. The van der Waals surface area contributed by atoms with Crippen LogP contribution in [0.1, 0.15) is 5.56 Å². The van der Waals surface area contributed by atoms with Crippen LogP contribution in [0.25, 0.3) is 11.5 Å². The van der Waals surface area contributed by atoms with Crippen molar-refractivity contribution in [2.45, 2.75) is 11.0 Å². The van der Waals surface area contributed by atoms with Crippen molar-refractivity contribution in [1.82, 2.24) is 15.2 Å². The average Bonchev–Trinajstić information content (AvgIpc) is 3.09. The second-order valence-corrected chi connectivity index (χ2v) is 5.92. The molecule has 1 aromatic carbocycles. The summed E-state index contributed by atoms with van der Waals surface area (Å²) in [5, 5.41) is 19.0. The van der Waals surface area contributed by atoms with Crippen molar-refractivity contribution in [2.24, 2.45) is 0 Å². The van der Waals surface area contributed by atoms with Gasteiger partial charge in [-0.1, -0.05) is 17.8 Å². The van der Waals surface area contributed by atoms with Gasteiger partial charge >= 0.3 is 6.09 Å². The maximum absolute atomic E-state index is 13.7.